The molecule has 1 aliphatic carbocycles. The molecule has 0 aromatic carbocycles. The van der Waals surface area contributed by atoms with Crippen LogP contribution in [0, 0.1) is 0 Å². The van der Waals surface area contributed by atoms with Crippen LogP contribution in [-0.2, 0) is 13.2 Å². The Morgan fingerprint density at radius 1 is 1.02 bits per heavy atom. The monoisotopic (exact) mass is 675 g/mol. The first-order valence-corrected chi connectivity index (χ1v) is 14.1. The van der Waals surface area contributed by atoms with Gasteiger partial charge in [0, 0.05) is 37.1 Å². The molecule has 1 saturated carbocycles. The summed E-state index contributed by atoms with van der Waals surface area (Å²) in [4.78, 5) is 30.7. The van der Waals surface area contributed by atoms with Crippen LogP contribution in [-0.4, -0.2) is 70.6 Å². The summed E-state index contributed by atoms with van der Waals surface area (Å²) in [6.45, 7) is -4.02. The van der Waals surface area contributed by atoms with E-state index in [0.29, 0.717) is 49.3 Å². The average molecular weight is 676 g/mol. The van der Waals surface area contributed by atoms with Gasteiger partial charge in [0.15, 0.2) is 5.82 Å². The summed E-state index contributed by atoms with van der Waals surface area (Å²) < 4.78 is 94.9. The van der Waals surface area contributed by atoms with Crippen LogP contribution in [0.15, 0.2) is 37.2 Å². The van der Waals surface area contributed by atoms with Gasteiger partial charge in [-0.2, -0.15) is 32.1 Å². The first kappa shape index (κ1) is 32.8. The molecule has 20 heteroatoms. The van der Waals surface area contributed by atoms with E-state index in [1.54, 1.807) is 24.1 Å². The van der Waals surface area contributed by atoms with Crippen molar-refractivity contribution in [2.75, 3.05) is 16.8 Å². The summed E-state index contributed by atoms with van der Waals surface area (Å²) in [6.07, 6.45) is 0.988. The Kier molecular flexibility index (Phi) is 9.59. The number of amides is 2. The SMILES string of the molecule is Cn1cc(-c2cnc(N(C(=O)NCC(F)F)C3CCC(Nc4ncc(C(F)(F)F)c(-c5nn(C(F)F)cc5Cl)n4)CC3)cn2)cn1. The lowest BCUT2D eigenvalue weighted by molar-refractivity contribution is -0.137. The average Bonchev–Trinajstić information content (AvgIpc) is 3.62. The molecule has 4 aromatic rings. The summed E-state index contributed by atoms with van der Waals surface area (Å²) in [5.74, 6) is -0.0934. The van der Waals surface area contributed by atoms with Crippen molar-refractivity contribution in [2.45, 2.75) is 56.9 Å². The molecule has 0 radical (unpaired) electrons. The Hall–Kier alpha value is -4.55. The molecule has 2 N–H and O–H groups in total. The van der Waals surface area contributed by atoms with E-state index in [9.17, 15) is 35.5 Å². The third-order valence-electron chi connectivity index (χ3n) is 7.11. The van der Waals surface area contributed by atoms with Crippen LogP contribution < -0.4 is 15.5 Å². The lowest BCUT2D eigenvalue weighted by Gasteiger charge is -2.36. The number of halogens is 8. The Labute approximate surface area is 261 Å². The highest BCUT2D eigenvalue weighted by atomic mass is 35.5. The zero-order valence-electron chi connectivity index (χ0n) is 23.8. The molecule has 0 saturated heterocycles. The van der Waals surface area contributed by atoms with Crippen molar-refractivity contribution in [3.05, 3.63) is 47.8 Å². The number of urea groups is 1. The quantitative estimate of drug-likeness (QED) is 0.213. The molecule has 4 heterocycles. The summed E-state index contributed by atoms with van der Waals surface area (Å²) in [5.41, 5.74) is -1.52. The predicted octanol–water partition coefficient (Wildman–Crippen LogP) is 5.80. The van der Waals surface area contributed by atoms with Gasteiger partial charge in [-0.3, -0.25) is 14.6 Å². The van der Waals surface area contributed by atoms with Gasteiger partial charge in [-0.05, 0) is 25.7 Å². The molecule has 2 amide bonds. The van der Waals surface area contributed by atoms with E-state index in [-0.39, 0.29) is 22.5 Å². The van der Waals surface area contributed by atoms with Crippen LogP contribution in [0.2, 0.25) is 5.02 Å². The van der Waals surface area contributed by atoms with E-state index in [1.807, 2.05) is 0 Å². The standard InChI is InChI=1S/C26H25ClF7N11O/c1-43-11-13(6-39-43)18-8-36-20(10-35-18)45(25(46)38-9-19(28)29)15-4-2-14(3-5-15)40-24-37-7-16(26(32,33)34)21(41-24)22-17(27)12-44(42-22)23(30)31/h6-8,10-12,14-15,19,23H,2-5,9H2,1H3,(H,38,46)(H,37,40,41). The minimum atomic E-state index is -4.93. The fourth-order valence-corrected chi connectivity index (χ4v) is 5.21. The van der Waals surface area contributed by atoms with Crippen LogP contribution in [0.1, 0.15) is 37.8 Å². The van der Waals surface area contributed by atoms with E-state index in [4.69, 9.17) is 11.6 Å². The third kappa shape index (κ3) is 7.45. The van der Waals surface area contributed by atoms with Crippen LogP contribution >= 0.6 is 11.6 Å². The molecule has 0 unspecified atom stereocenters. The van der Waals surface area contributed by atoms with Gasteiger partial charge in [0.2, 0.25) is 5.95 Å². The fourth-order valence-electron chi connectivity index (χ4n) is 4.98. The maximum absolute atomic E-state index is 13.7. The lowest BCUT2D eigenvalue weighted by Crippen LogP contribution is -2.50. The first-order chi connectivity index (χ1) is 21.8. The number of carbonyl (C=O) groups is 1. The highest BCUT2D eigenvalue weighted by Crippen LogP contribution is 2.38. The van der Waals surface area contributed by atoms with Gasteiger partial charge >= 0.3 is 18.8 Å². The molecular weight excluding hydrogens is 651 g/mol. The number of carbonyl (C=O) groups excluding carboxylic acids is 1. The molecule has 5 rings (SSSR count). The van der Waals surface area contributed by atoms with Crippen molar-refractivity contribution in [3.63, 3.8) is 0 Å². The van der Waals surface area contributed by atoms with Gasteiger partial charge in [-0.1, -0.05) is 11.6 Å². The number of nitrogens with zero attached hydrogens (tertiary/aromatic N) is 9. The molecule has 0 bridgehead atoms. The molecule has 4 aromatic heterocycles. The fraction of sp³-hybridized carbons (Fsp3) is 0.423. The number of aromatic nitrogens is 8. The van der Waals surface area contributed by atoms with Crippen molar-refractivity contribution >= 4 is 29.4 Å². The summed E-state index contributed by atoms with van der Waals surface area (Å²) in [7, 11) is 1.73. The zero-order valence-corrected chi connectivity index (χ0v) is 24.5. The molecule has 0 atom stereocenters. The zero-order chi connectivity index (χ0) is 33.2. The number of hydrogen-bond donors (Lipinski definition) is 2. The van der Waals surface area contributed by atoms with Crippen molar-refractivity contribution in [2.24, 2.45) is 7.05 Å². The molecule has 46 heavy (non-hydrogen) atoms. The minimum Gasteiger partial charge on any atom is -0.351 e. The van der Waals surface area contributed by atoms with Gasteiger partial charge in [0.1, 0.15) is 17.0 Å². The molecule has 12 nitrogen and oxygen atoms in total. The van der Waals surface area contributed by atoms with E-state index >= 15 is 0 Å². The molecule has 246 valence electrons. The van der Waals surface area contributed by atoms with Gasteiger partial charge < -0.3 is 10.6 Å². The summed E-state index contributed by atoms with van der Waals surface area (Å²) in [5, 5.41) is 12.2. The second-order valence-corrected chi connectivity index (χ2v) is 10.7. The number of rotatable bonds is 9. The van der Waals surface area contributed by atoms with Crippen molar-refractivity contribution < 1.29 is 35.5 Å². The van der Waals surface area contributed by atoms with Crippen LogP contribution in [0.5, 0.6) is 0 Å². The van der Waals surface area contributed by atoms with Gasteiger partial charge in [0.25, 0.3) is 6.43 Å². The molecule has 1 aliphatic rings. The van der Waals surface area contributed by atoms with Crippen LogP contribution in [0.3, 0.4) is 0 Å². The maximum Gasteiger partial charge on any atom is 0.420 e. The van der Waals surface area contributed by atoms with Crippen LogP contribution in [0.4, 0.5) is 47.3 Å². The second kappa shape index (κ2) is 13.4. The predicted molar refractivity (Wildman–Crippen MR) is 150 cm³/mol. The third-order valence-corrected chi connectivity index (χ3v) is 7.39. The summed E-state index contributed by atoms with van der Waals surface area (Å²) >= 11 is 5.93. The number of aryl methyl sites for hydroxylation is 1. The molecule has 0 aliphatic heterocycles. The first-order valence-electron chi connectivity index (χ1n) is 13.7. The van der Waals surface area contributed by atoms with E-state index in [2.05, 4.69) is 40.8 Å². The Morgan fingerprint density at radius 2 is 1.76 bits per heavy atom. The highest BCUT2D eigenvalue weighted by Gasteiger charge is 2.38. The van der Waals surface area contributed by atoms with Gasteiger partial charge in [-0.15, -0.1) is 0 Å². The highest BCUT2D eigenvalue weighted by molar-refractivity contribution is 6.33. The second-order valence-electron chi connectivity index (χ2n) is 10.3. The maximum atomic E-state index is 13.7. The number of anilines is 2. The lowest BCUT2D eigenvalue weighted by atomic mass is 9.90. The van der Waals surface area contributed by atoms with Crippen molar-refractivity contribution in [1.82, 2.24) is 44.8 Å². The van der Waals surface area contributed by atoms with E-state index < -0.39 is 59.7 Å². The van der Waals surface area contributed by atoms with Gasteiger partial charge in [0.05, 0.1) is 42.0 Å². The number of alkyl halides is 7. The molecule has 0 spiro atoms. The minimum absolute atomic E-state index is 0.119. The van der Waals surface area contributed by atoms with Crippen molar-refractivity contribution in [3.8, 4) is 22.6 Å². The van der Waals surface area contributed by atoms with Crippen LogP contribution in [0.25, 0.3) is 22.6 Å². The largest absolute Gasteiger partial charge is 0.420 e. The summed E-state index contributed by atoms with van der Waals surface area (Å²) in [6, 6.07) is -1.66. The Balaban J connectivity index is 1.33. The topological polar surface area (TPSA) is 132 Å². The smallest absolute Gasteiger partial charge is 0.351 e. The van der Waals surface area contributed by atoms with E-state index in [1.165, 1.54) is 17.3 Å². The molecule has 1 fully saturated rings. The van der Waals surface area contributed by atoms with Crippen molar-refractivity contribution in [1.29, 1.82) is 0 Å². The number of nitrogens with one attached hydrogen (secondary N) is 2. The number of hydrogen-bond acceptors (Lipinski definition) is 8. The normalized spacial score (nSPS) is 17.0. The Bertz CT molecular complexity index is 1650. The van der Waals surface area contributed by atoms with E-state index in [0.717, 1.165) is 0 Å². The molecular formula is C26H25ClF7N11O. The van der Waals surface area contributed by atoms with Gasteiger partial charge in [-0.25, -0.2) is 33.2 Å². The Morgan fingerprint density at radius 3 is 2.33 bits per heavy atom.